The Hall–Kier alpha value is -2.27. The van der Waals surface area contributed by atoms with Crippen LogP contribution in [0.25, 0.3) is 0 Å². The topological polar surface area (TPSA) is 56.6 Å². The molecule has 2 aliphatic rings. The summed E-state index contributed by atoms with van der Waals surface area (Å²) in [4.78, 5) is 17.0. The number of carbonyl (C=O) groups is 1. The molecule has 0 bridgehead atoms. The molecule has 4 rings (SSSR count). The fraction of sp³-hybridized carbons (Fsp3) is 0.273. The first-order valence-electron chi connectivity index (χ1n) is 9.28. The fourth-order valence-electron chi connectivity index (χ4n) is 3.79. The van der Waals surface area contributed by atoms with Crippen molar-refractivity contribution >= 4 is 33.6 Å². The van der Waals surface area contributed by atoms with E-state index in [1.54, 1.807) is 23.8 Å². The summed E-state index contributed by atoms with van der Waals surface area (Å²) in [6, 6.07) is 18.3. The van der Waals surface area contributed by atoms with Gasteiger partial charge in [0.05, 0.1) is 36.3 Å². The SMILES string of the molecule is COc1ccc(Br)cc1[C@H]1CC(=O)N2CN(Cc3ccccc3)CSC2=C1C#N. The van der Waals surface area contributed by atoms with Gasteiger partial charge in [0.2, 0.25) is 5.91 Å². The molecule has 0 aromatic heterocycles. The van der Waals surface area contributed by atoms with Gasteiger partial charge < -0.3 is 4.74 Å². The lowest BCUT2D eigenvalue weighted by Crippen LogP contribution is -2.46. The summed E-state index contributed by atoms with van der Waals surface area (Å²) in [6.45, 7) is 1.28. The van der Waals surface area contributed by atoms with E-state index in [4.69, 9.17) is 4.74 Å². The second-order valence-electron chi connectivity index (χ2n) is 7.02. The molecule has 2 aromatic rings. The molecular formula is C22H20BrN3O2S. The zero-order valence-corrected chi connectivity index (χ0v) is 18.4. The predicted octanol–water partition coefficient (Wildman–Crippen LogP) is 4.67. The van der Waals surface area contributed by atoms with Gasteiger partial charge >= 0.3 is 0 Å². The molecule has 1 amide bonds. The van der Waals surface area contributed by atoms with Crippen molar-refractivity contribution in [1.29, 1.82) is 5.26 Å². The van der Waals surface area contributed by atoms with Crippen LogP contribution in [0.1, 0.15) is 23.5 Å². The Balaban J connectivity index is 1.64. The van der Waals surface area contributed by atoms with Crippen LogP contribution in [-0.2, 0) is 11.3 Å². The van der Waals surface area contributed by atoms with Gasteiger partial charge in [-0.25, -0.2) is 0 Å². The molecule has 0 radical (unpaired) electrons. The molecule has 0 N–H and O–H groups in total. The van der Waals surface area contributed by atoms with Gasteiger partial charge in [-0.3, -0.25) is 14.6 Å². The molecule has 7 heteroatoms. The third-order valence-corrected chi connectivity index (χ3v) is 6.87. The number of carbonyl (C=O) groups excluding carboxylic acids is 1. The largest absolute Gasteiger partial charge is 0.496 e. The first-order valence-corrected chi connectivity index (χ1v) is 11.1. The number of fused-ring (bicyclic) bond motifs is 1. The zero-order valence-electron chi connectivity index (χ0n) is 16.0. The van der Waals surface area contributed by atoms with Crippen LogP contribution in [0.5, 0.6) is 5.75 Å². The Kier molecular flexibility index (Phi) is 5.95. The van der Waals surface area contributed by atoms with E-state index >= 15 is 0 Å². The van der Waals surface area contributed by atoms with Gasteiger partial charge in [-0.05, 0) is 23.8 Å². The van der Waals surface area contributed by atoms with Crippen molar-refractivity contribution in [3.05, 3.63) is 74.7 Å². The molecule has 148 valence electrons. The minimum absolute atomic E-state index is 0.0382. The van der Waals surface area contributed by atoms with Crippen LogP contribution >= 0.6 is 27.7 Å². The highest BCUT2D eigenvalue weighted by molar-refractivity contribution is 9.10. The molecule has 2 heterocycles. The van der Waals surface area contributed by atoms with Gasteiger partial charge in [0.15, 0.2) is 0 Å². The van der Waals surface area contributed by atoms with Crippen LogP contribution in [-0.4, -0.2) is 35.4 Å². The van der Waals surface area contributed by atoms with Crippen LogP contribution in [0.2, 0.25) is 0 Å². The number of allylic oxidation sites excluding steroid dienone is 1. The molecule has 0 aliphatic carbocycles. The molecule has 1 fully saturated rings. The fourth-order valence-corrected chi connectivity index (χ4v) is 5.31. The Labute approximate surface area is 183 Å². The second-order valence-corrected chi connectivity index (χ2v) is 8.87. The highest BCUT2D eigenvalue weighted by atomic mass is 79.9. The van der Waals surface area contributed by atoms with Crippen LogP contribution < -0.4 is 4.74 Å². The Morgan fingerprint density at radius 2 is 2.07 bits per heavy atom. The summed E-state index contributed by atoms with van der Waals surface area (Å²) in [5, 5.41) is 10.7. The lowest BCUT2D eigenvalue weighted by atomic mass is 9.86. The summed E-state index contributed by atoms with van der Waals surface area (Å²) in [6.07, 6.45) is 0.263. The normalized spacial score (nSPS) is 19.7. The van der Waals surface area contributed by atoms with Crippen molar-refractivity contribution in [2.45, 2.75) is 18.9 Å². The van der Waals surface area contributed by atoms with E-state index in [0.29, 0.717) is 18.0 Å². The number of amides is 1. The van der Waals surface area contributed by atoms with Crippen molar-refractivity contribution in [3.8, 4) is 11.8 Å². The third kappa shape index (κ3) is 4.06. The lowest BCUT2D eigenvalue weighted by molar-refractivity contribution is -0.131. The second kappa shape index (κ2) is 8.62. The summed E-state index contributed by atoms with van der Waals surface area (Å²) in [5.74, 6) is 1.18. The minimum atomic E-state index is -0.292. The number of nitriles is 1. The molecule has 0 saturated carbocycles. The van der Waals surface area contributed by atoms with Gasteiger partial charge in [0, 0.05) is 28.9 Å². The smallest absolute Gasteiger partial charge is 0.229 e. The molecule has 1 saturated heterocycles. The zero-order chi connectivity index (χ0) is 20.4. The van der Waals surface area contributed by atoms with Crippen molar-refractivity contribution in [3.63, 3.8) is 0 Å². The molecule has 0 unspecified atom stereocenters. The van der Waals surface area contributed by atoms with E-state index < -0.39 is 0 Å². The summed E-state index contributed by atoms with van der Waals surface area (Å²) >= 11 is 5.06. The molecule has 29 heavy (non-hydrogen) atoms. The monoisotopic (exact) mass is 469 g/mol. The Bertz CT molecular complexity index is 1000. The third-order valence-electron chi connectivity index (χ3n) is 5.17. The number of hydrogen-bond donors (Lipinski definition) is 0. The molecular weight excluding hydrogens is 450 g/mol. The lowest BCUT2D eigenvalue weighted by Gasteiger charge is -2.41. The van der Waals surface area contributed by atoms with Crippen molar-refractivity contribution in [1.82, 2.24) is 9.80 Å². The number of nitrogens with zero attached hydrogens (tertiary/aromatic N) is 3. The standard InChI is InChI=1S/C22H20BrN3O2S/c1-28-20-8-7-16(23)9-18(20)17-10-21(27)26-13-25(12-15-5-3-2-4-6-15)14-29-22(26)19(17)11-24/h2-9,17H,10,12-14H2,1H3/t17-/m1/s1. The van der Waals surface area contributed by atoms with E-state index in [0.717, 1.165) is 27.5 Å². The van der Waals surface area contributed by atoms with E-state index in [1.807, 2.05) is 36.4 Å². The highest BCUT2D eigenvalue weighted by Gasteiger charge is 2.39. The first kappa shape index (κ1) is 20.0. The number of ether oxygens (including phenoxy) is 1. The molecule has 2 aromatic carbocycles. The number of thioether (sulfide) groups is 1. The summed E-state index contributed by atoms with van der Waals surface area (Å²) in [5.41, 5.74) is 2.72. The minimum Gasteiger partial charge on any atom is -0.496 e. The molecule has 2 aliphatic heterocycles. The van der Waals surface area contributed by atoms with E-state index in [-0.39, 0.29) is 18.2 Å². The first-order chi connectivity index (χ1) is 14.1. The maximum Gasteiger partial charge on any atom is 0.229 e. The van der Waals surface area contributed by atoms with Crippen LogP contribution in [0, 0.1) is 11.3 Å². The summed E-state index contributed by atoms with van der Waals surface area (Å²) in [7, 11) is 1.61. The van der Waals surface area contributed by atoms with E-state index in [9.17, 15) is 10.1 Å². The number of hydrogen-bond acceptors (Lipinski definition) is 5. The Morgan fingerprint density at radius 3 is 2.79 bits per heavy atom. The molecule has 1 atom stereocenters. The van der Waals surface area contributed by atoms with Gasteiger partial charge in [-0.2, -0.15) is 5.26 Å². The number of halogens is 1. The highest BCUT2D eigenvalue weighted by Crippen LogP contribution is 2.45. The van der Waals surface area contributed by atoms with Crippen LogP contribution in [0.15, 0.2) is 63.6 Å². The summed E-state index contributed by atoms with van der Waals surface area (Å²) < 4.78 is 6.41. The average Bonchev–Trinajstić information content (AvgIpc) is 2.74. The van der Waals surface area contributed by atoms with Crippen molar-refractivity contribution in [2.24, 2.45) is 0 Å². The molecule has 0 spiro atoms. The predicted molar refractivity (Wildman–Crippen MR) is 117 cm³/mol. The van der Waals surface area contributed by atoms with Gasteiger partial charge in [-0.15, -0.1) is 0 Å². The Morgan fingerprint density at radius 1 is 1.28 bits per heavy atom. The number of benzene rings is 2. The van der Waals surface area contributed by atoms with Gasteiger partial charge in [0.25, 0.3) is 0 Å². The maximum absolute atomic E-state index is 13.0. The van der Waals surface area contributed by atoms with Crippen molar-refractivity contribution in [2.75, 3.05) is 19.7 Å². The van der Waals surface area contributed by atoms with Crippen LogP contribution in [0.3, 0.4) is 0 Å². The van der Waals surface area contributed by atoms with Gasteiger partial charge in [0.1, 0.15) is 5.75 Å². The van der Waals surface area contributed by atoms with E-state index in [2.05, 4.69) is 39.0 Å². The number of rotatable bonds is 4. The van der Waals surface area contributed by atoms with Crippen molar-refractivity contribution < 1.29 is 9.53 Å². The average molecular weight is 470 g/mol. The quantitative estimate of drug-likeness (QED) is 0.650. The maximum atomic E-state index is 13.0. The van der Waals surface area contributed by atoms with Crippen LogP contribution in [0.4, 0.5) is 0 Å². The number of methoxy groups -OCH3 is 1. The van der Waals surface area contributed by atoms with E-state index in [1.165, 1.54) is 5.56 Å². The van der Waals surface area contributed by atoms with Gasteiger partial charge in [-0.1, -0.05) is 58.0 Å². The molecule has 5 nitrogen and oxygen atoms in total.